The molecule has 1 aromatic heterocycles. The van der Waals surface area contributed by atoms with E-state index in [9.17, 15) is 9.59 Å². The molecule has 1 aliphatic carbocycles. The number of halogens is 1. The SMILES string of the molecule is O=C1NNC(=O)C2CC([n+]3nc(C=Cc4ccccc4)nn3-c3cc4cccsc-4n3)CCC12.[Cl-]. The minimum Gasteiger partial charge on any atom is -1.00 e. The van der Waals surface area contributed by atoms with Crippen molar-refractivity contribution in [2.75, 3.05) is 0 Å². The van der Waals surface area contributed by atoms with Crippen LogP contribution in [-0.4, -0.2) is 31.8 Å². The van der Waals surface area contributed by atoms with Gasteiger partial charge in [-0.05, 0) is 45.8 Å². The summed E-state index contributed by atoms with van der Waals surface area (Å²) in [5.74, 6) is 0.267. The fraction of sp³-hybridized carbons (Fsp3) is 0.250. The van der Waals surface area contributed by atoms with Crippen LogP contribution >= 0.6 is 11.3 Å². The number of hydrogen-bond donors (Lipinski definition) is 2. The standard InChI is InChI=1S/C24H21N7O2S.ClH/c32-22-18-10-9-17(14-19(18)23(33)27-26-22)30-28-20(11-8-15-5-2-1-3-6-15)29-31(30)21-13-16-7-4-12-34-24(16)25-21;/h1-8,11-13,17-19H,9-10,14H2,(H,28,29);1H. The van der Waals surface area contributed by atoms with Crippen LogP contribution < -0.4 is 28.1 Å². The van der Waals surface area contributed by atoms with E-state index in [0.29, 0.717) is 24.5 Å². The molecule has 4 aliphatic rings. The number of carbonyl (C=O) groups is 2. The van der Waals surface area contributed by atoms with Crippen LogP contribution in [0.3, 0.4) is 0 Å². The predicted molar refractivity (Wildman–Crippen MR) is 125 cm³/mol. The summed E-state index contributed by atoms with van der Waals surface area (Å²) in [5.41, 5.74) is 7.07. The van der Waals surface area contributed by atoms with Gasteiger partial charge in [-0.15, -0.1) is 11.3 Å². The van der Waals surface area contributed by atoms with Gasteiger partial charge >= 0.3 is 5.82 Å². The van der Waals surface area contributed by atoms with Gasteiger partial charge in [0.25, 0.3) is 0 Å². The second kappa shape index (κ2) is 9.55. The molecule has 3 aliphatic heterocycles. The minimum atomic E-state index is -0.387. The molecule has 9 nitrogen and oxygen atoms in total. The van der Waals surface area contributed by atoms with E-state index in [1.165, 1.54) is 0 Å². The molecule has 6 rings (SSSR count). The lowest BCUT2D eigenvalue weighted by Crippen LogP contribution is -3.00. The fourth-order valence-corrected chi connectivity index (χ4v) is 5.43. The number of rotatable bonds is 4. The molecule has 2 aromatic rings. The average Bonchev–Trinajstić information content (AvgIpc) is 3.50. The molecule has 0 spiro atoms. The highest BCUT2D eigenvalue weighted by Gasteiger charge is 2.45. The third-order valence-corrected chi connectivity index (χ3v) is 7.28. The maximum atomic E-state index is 12.5. The van der Waals surface area contributed by atoms with Crippen LogP contribution in [0, 0.1) is 11.8 Å². The molecule has 1 aromatic carbocycles. The first-order chi connectivity index (χ1) is 16.7. The second-order valence-corrected chi connectivity index (χ2v) is 9.45. The van der Waals surface area contributed by atoms with Gasteiger partial charge < -0.3 is 12.4 Å². The Kier molecular flexibility index (Phi) is 6.31. The third kappa shape index (κ3) is 4.42. The van der Waals surface area contributed by atoms with Crippen LogP contribution in [0.4, 0.5) is 0 Å². The molecule has 2 amide bonds. The molecule has 11 heteroatoms. The lowest BCUT2D eigenvalue weighted by atomic mass is 9.75. The molecule has 2 fully saturated rings. The maximum Gasteiger partial charge on any atom is 0.332 e. The second-order valence-electron chi connectivity index (χ2n) is 8.56. The average molecular weight is 508 g/mol. The number of carbonyl (C=O) groups excluding carboxylic acids is 2. The normalized spacial score (nSPS) is 21.9. The summed E-state index contributed by atoms with van der Waals surface area (Å²) >= 11 is 1.57. The third-order valence-electron chi connectivity index (χ3n) is 6.44. The molecule has 3 unspecified atom stereocenters. The van der Waals surface area contributed by atoms with Crippen molar-refractivity contribution in [1.29, 1.82) is 0 Å². The zero-order valence-corrected chi connectivity index (χ0v) is 20.1. The maximum absolute atomic E-state index is 12.5. The fourth-order valence-electron chi connectivity index (χ4n) is 4.74. The molecular weight excluding hydrogens is 486 g/mol. The first-order valence-electron chi connectivity index (χ1n) is 11.2. The van der Waals surface area contributed by atoms with E-state index in [1.807, 2.05) is 70.9 Å². The molecule has 0 bridgehead atoms. The van der Waals surface area contributed by atoms with E-state index >= 15 is 0 Å². The van der Waals surface area contributed by atoms with Gasteiger partial charge in [0.1, 0.15) is 11.0 Å². The largest absolute Gasteiger partial charge is 1.00 e. The first-order valence-corrected chi connectivity index (χ1v) is 12.1. The first kappa shape index (κ1) is 23.1. The van der Waals surface area contributed by atoms with E-state index in [0.717, 1.165) is 22.6 Å². The molecule has 4 heterocycles. The van der Waals surface area contributed by atoms with Crippen molar-refractivity contribution in [2.45, 2.75) is 25.3 Å². The quantitative estimate of drug-likeness (QED) is 0.359. The Morgan fingerprint density at radius 3 is 2.60 bits per heavy atom. The van der Waals surface area contributed by atoms with Crippen molar-refractivity contribution in [2.24, 2.45) is 11.8 Å². The van der Waals surface area contributed by atoms with Gasteiger partial charge in [-0.25, -0.2) is 4.98 Å². The van der Waals surface area contributed by atoms with E-state index < -0.39 is 0 Å². The van der Waals surface area contributed by atoms with Gasteiger partial charge in [-0.2, -0.15) is 0 Å². The van der Waals surface area contributed by atoms with Gasteiger partial charge in [-0.1, -0.05) is 42.5 Å². The summed E-state index contributed by atoms with van der Waals surface area (Å²) in [4.78, 5) is 33.1. The number of benzene rings is 1. The van der Waals surface area contributed by atoms with E-state index in [1.54, 1.807) is 16.1 Å². The minimum absolute atomic E-state index is 0. The van der Waals surface area contributed by atoms with Crippen LogP contribution in [0.15, 0.2) is 53.9 Å². The van der Waals surface area contributed by atoms with Crippen molar-refractivity contribution in [3.63, 3.8) is 0 Å². The Hall–Kier alpha value is -3.63. The van der Waals surface area contributed by atoms with Crippen molar-refractivity contribution in [3.8, 4) is 16.4 Å². The highest BCUT2D eigenvalue weighted by atomic mass is 35.5. The van der Waals surface area contributed by atoms with Crippen LogP contribution in [0.25, 0.3) is 28.5 Å². The summed E-state index contributed by atoms with van der Waals surface area (Å²) < 4.78 is 0. The number of amides is 2. The number of aromatic nitrogens is 5. The van der Waals surface area contributed by atoms with Crippen LogP contribution in [0.2, 0.25) is 0 Å². The smallest absolute Gasteiger partial charge is 0.332 e. The topological polar surface area (TPSA) is 106 Å². The molecule has 0 radical (unpaired) electrons. The van der Waals surface area contributed by atoms with Gasteiger partial charge in [0.15, 0.2) is 0 Å². The van der Waals surface area contributed by atoms with Crippen LogP contribution in [-0.2, 0) is 9.59 Å². The van der Waals surface area contributed by atoms with E-state index in [-0.39, 0.29) is 42.1 Å². The summed E-state index contributed by atoms with van der Waals surface area (Å²) in [7, 11) is 0. The number of nitrogens with zero attached hydrogens (tertiary/aromatic N) is 5. The summed E-state index contributed by atoms with van der Waals surface area (Å²) in [6, 6.07) is 15.9. The Balaban J connectivity index is 0.00000253. The monoisotopic (exact) mass is 507 g/mol. The lowest BCUT2D eigenvalue weighted by molar-refractivity contribution is -0.844. The number of fused-ring (bicyclic) bond motifs is 2. The molecular formula is C24H22ClN7O2S. The summed E-state index contributed by atoms with van der Waals surface area (Å²) in [5, 5.41) is 12.5. The summed E-state index contributed by atoms with van der Waals surface area (Å²) in [6.07, 6.45) is 5.69. The van der Waals surface area contributed by atoms with Gasteiger partial charge in [0.2, 0.25) is 17.6 Å². The van der Waals surface area contributed by atoms with Gasteiger partial charge in [0, 0.05) is 22.9 Å². The number of nitrogens with one attached hydrogen (secondary N) is 2. The Labute approximate surface area is 211 Å². The van der Waals surface area contributed by atoms with E-state index in [4.69, 9.17) is 15.2 Å². The van der Waals surface area contributed by atoms with Crippen molar-refractivity contribution >= 4 is 35.3 Å². The molecule has 3 atom stereocenters. The predicted octanol–water partition coefficient (Wildman–Crippen LogP) is -0.591. The van der Waals surface area contributed by atoms with Crippen LogP contribution in [0.1, 0.15) is 36.7 Å². The highest BCUT2D eigenvalue weighted by Crippen LogP contribution is 2.36. The van der Waals surface area contributed by atoms with Gasteiger partial charge in [0.05, 0.1) is 16.9 Å². The zero-order chi connectivity index (χ0) is 23.1. The summed E-state index contributed by atoms with van der Waals surface area (Å²) in [6.45, 7) is 0. The molecule has 1 saturated carbocycles. The Bertz CT molecular complexity index is 1340. The molecule has 178 valence electrons. The number of hydrogen-bond acceptors (Lipinski definition) is 6. The molecule has 35 heavy (non-hydrogen) atoms. The Morgan fingerprint density at radius 2 is 1.80 bits per heavy atom. The number of tetrazole rings is 1. The van der Waals surface area contributed by atoms with Crippen molar-refractivity contribution < 1.29 is 26.8 Å². The van der Waals surface area contributed by atoms with Gasteiger partial charge in [-0.3, -0.25) is 20.4 Å². The zero-order valence-electron chi connectivity index (χ0n) is 18.5. The van der Waals surface area contributed by atoms with E-state index in [2.05, 4.69) is 10.9 Å². The van der Waals surface area contributed by atoms with Crippen molar-refractivity contribution in [1.82, 2.24) is 30.8 Å². The van der Waals surface area contributed by atoms with Crippen molar-refractivity contribution in [3.05, 3.63) is 65.3 Å². The number of hydrazine groups is 1. The van der Waals surface area contributed by atoms with Crippen LogP contribution in [0.5, 0.6) is 0 Å². The molecule has 2 N–H and O–H groups in total. The lowest BCUT2D eigenvalue weighted by Gasteiger charge is -2.35. The highest BCUT2D eigenvalue weighted by molar-refractivity contribution is 7.12. The molecule has 1 saturated heterocycles. The Morgan fingerprint density at radius 1 is 1.00 bits per heavy atom.